The molecular formula is C34H20N2S. The van der Waals surface area contributed by atoms with E-state index in [0.29, 0.717) is 0 Å². The monoisotopic (exact) mass is 488 g/mol. The number of fused-ring (bicyclic) bond motifs is 8. The van der Waals surface area contributed by atoms with Crippen molar-refractivity contribution in [3.63, 3.8) is 0 Å². The Hall–Kier alpha value is -4.60. The van der Waals surface area contributed by atoms with Gasteiger partial charge in [0.2, 0.25) is 0 Å². The van der Waals surface area contributed by atoms with E-state index in [0.717, 1.165) is 38.9 Å². The third kappa shape index (κ3) is 3.11. The number of hydrogen-bond acceptors (Lipinski definition) is 3. The van der Waals surface area contributed by atoms with Gasteiger partial charge in [-0.1, -0.05) is 109 Å². The first kappa shape index (κ1) is 20.6. The summed E-state index contributed by atoms with van der Waals surface area (Å²) in [5.74, 6) is 0. The molecule has 37 heavy (non-hydrogen) atoms. The van der Waals surface area contributed by atoms with Crippen molar-refractivity contribution in [2.75, 3.05) is 0 Å². The first-order valence-electron chi connectivity index (χ1n) is 12.4. The maximum Gasteiger partial charge on any atom is 0.0979 e. The van der Waals surface area contributed by atoms with E-state index in [1.54, 1.807) is 0 Å². The molecule has 8 rings (SSSR count). The summed E-state index contributed by atoms with van der Waals surface area (Å²) in [5, 5.41) is 7.39. The van der Waals surface area contributed by atoms with Gasteiger partial charge >= 0.3 is 0 Å². The van der Waals surface area contributed by atoms with Gasteiger partial charge in [0.15, 0.2) is 0 Å². The smallest absolute Gasteiger partial charge is 0.0979 e. The predicted octanol–water partition coefficient (Wildman–Crippen LogP) is 9.64. The molecule has 0 radical (unpaired) electrons. The highest BCUT2D eigenvalue weighted by Gasteiger charge is 2.18. The van der Waals surface area contributed by atoms with Crippen LogP contribution in [-0.4, -0.2) is 9.97 Å². The number of rotatable bonds is 2. The van der Waals surface area contributed by atoms with Crippen molar-refractivity contribution in [1.29, 1.82) is 0 Å². The SMILES string of the molecule is c1ccc(-c2nc3c(ccc4ccccc43)nc2-c2cccc3c2ccc2c4ccccc4sc32)cc1. The zero-order valence-electron chi connectivity index (χ0n) is 19.8. The zero-order valence-corrected chi connectivity index (χ0v) is 20.7. The Morgan fingerprint density at radius 2 is 1.19 bits per heavy atom. The van der Waals surface area contributed by atoms with Crippen molar-refractivity contribution >= 4 is 64.1 Å². The van der Waals surface area contributed by atoms with E-state index in [4.69, 9.17) is 9.97 Å². The second-order valence-corrected chi connectivity index (χ2v) is 10.4. The molecule has 0 atom stereocenters. The zero-order chi connectivity index (χ0) is 24.3. The lowest BCUT2D eigenvalue weighted by Crippen LogP contribution is -1.97. The van der Waals surface area contributed by atoms with Crippen molar-refractivity contribution < 1.29 is 0 Å². The lowest BCUT2D eigenvalue weighted by molar-refractivity contribution is 1.30. The largest absolute Gasteiger partial charge is 0.244 e. The first-order valence-corrected chi connectivity index (χ1v) is 13.2. The standard InChI is InChI=1S/C34H20N2S/c1-2-10-22(11-3-1)31-33(35-29-20-17-21-9-4-5-12-23(21)32(29)36-31)26-14-8-15-27-24(26)18-19-28-25-13-6-7-16-30(25)37-34(27)28/h1-20H. The second kappa shape index (κ2) is 7.95. The van der Waals surface area contributed by atoms with Crippen molar-refractivity contribution in [2.45, 2.75) is 0 Å². The van der Waals surface area contributed by atoms with Crippen LogP contribution in [-0.2, 0) is 0 Å². The summed E-state index contributed by atoms with van der Waals surface area (Å²) in [4.78, 5) is 10.6. The number of thiophene rings is 1. The predicted molar refractivity (Wildman–Crippen MR) is 158 cm³/mol. The van der Waals surface area contributed by atoms with Crippen LogP contribution in [0.25, 0.3) is 75.3 Å². The Morgan fingerprint density at radius 1 is 0.459 bits per heavy atom. The van der Waals surface area contributed by atoms with E-state index < -0.39 is 0 Å². The van der Waals surface area contributed by atoms with Crippen LogP contribution in [0.1, 0.15) is 0 Å². The van der Waals surface area contributed by atoms with Crippen molar-refractivity contribution in [2.24, 2.45) is 0 Å². The van der Waals surface area contributed by atoms with Crippen molar-refractivity contribution in [3.05, 3.63) is 121 Å². The topological polar surface area (TPSA) is 25.8 Å². The Balaban J connectivity index is 1.48. The van der Waals surface area contributed by atoms with Gasteiger partial charge in [0.1, 0.15) is 0 Å². The lowest BCUT2D eigenvalue weighted by Gasteiger charge is -2.14. The van der Waals surface area contributed by atoms with E-state index in [9.17, 15) is 0 Å². The summed E-state index contributed by atoms with van der Waals surface area (Å²) in [6.45, 7) is 0. The molecule has 2 nitrogen and oxygen atoms in total. The van der Waals surface area contributed by atoms with Gasteiger partial charge in [-0.3, -0.25) is 0 Å². The Labute approximate surface area is 217 Å². The van der Waals surface area contributed by atoms with Crippen LogP contribution in [0.5, 0.6) is 0 Å². The van der Waals surface area contributed by atoms with Crippen LogP contribution in [0.4, 0.5) is 0 Å². The quantitative estimate of drug-likeness (QED) is 0.226. The van der Waals surface area contributed by atoms with E-state index in [2.05, 4.69) is 115 Å². The minimum Gasteiger partial charge on any atom is -0.244 e. The van der Waals surface area contributed by atoms with Gasteiger partial charge in [-0.25, -0.2) is 9.97 Å². The summed E-state index contributed by atoms with van der Waals surface area (Å²) >= 11 is 1.86. The van der Waals surface area contributed by atoms with Crippen LogP contribution in [0.3, 0.4) is 0 Å². The van der Waals surface area contributed by atoms with Crippen LogP contribution < -0.4 is 0 Å². The molecule has 0 aliphatic rings. The average molecular weight is 489 g/mol. The minimum atomic E-state index is 0.910. The van der Waals surface area contributed by atoms with Gasteiger partial charge in [0.25, 0.3) is 0 Å². The fourth-order valence-corrected chi connectivity index (χ4v) is 6.75. The highest BCUT2D eigenvalue weighted by atomic mass is 32.1. The number of hydrogen-bond donors (Lipinski definition) is 0. The van der Waals surface area contributed by atoms with Crippen LogP contribution in [0.2, 0.25) is 0 Å². The molecule has 0 bridgehead atoms. The third-order valence-corrected chi connectivity index (χ3v) is 8.48. The maximum atomic E-state index is 5.29. The van der Waals surface area contributed by atoms with E-state index in [1.807, 2.05) is 17.4 Å². The molecule has 2 aromatic heterocycles. The van der Waals surface area contributed by atoms with Gasteiger partial charge in [0.05, 0.1) is 22.4 Å². The summed E-state index contributed by atoms with van der Waals surface area (Å²) < 4.78 is 2.64. The molecule has 0 unspecified atom stereocenters. The highest BCUT2D eigenvalue weighted by molar-refractivity contribution is 7.26. The summed E-state index contributed by atoms with van der Waals surface area (Å²) in [6.07, 6.45) is 0. The van der Waals surface area contributed by atoms with E-state index >= 15 is 0 Å². The number of benzene rings is 6. The normalized spacial score (nSPS) is 11.8. The second-order valence-electron chi connectivity index (χ2n) is 9.38. The lowest BCUT2D eigenvalue weighted by atomic mass is 9.96. The Kier molecular flexibility index (Phi) is 4.42. The molecule has 2 heterocycles. The molecule has 172 valence electrons. The maximum absolute atomic E-state index is 5.29. The van der Waals surface area contributed by atoms with Gasteiger partial charge in [-0.15, -0.1) is 11.3 Å². The molecule has 0 N–H and O–H groups in total. The van der Waals surface area contributed by atoms with Crippen LogP contribution in [0.15, 0.2) is 121 Å². The van der Waals surface area contributed by atoms with E-state index in [1.165, 1.54) is 36.3 Å². The molecule has 0 saturated carbocycles. The van der Waals surface area contributed by atoms with Crippen molar-refractivity contribution in [3.8, 4) is 22.5 Å². The Morgan fingerprint density at radius 3 is 2.11 bits per heavy atom. The van der Waals surface area contributed by atoms with Crippen LogP contribution >= 0.6 is 11.3 Å². The first-order chi connectivity index (χ1) is 18.3. The summed E-state index contributed by atoms with van der Waals surface area (Å²) in [7, 11) is 0. The molecule has 0 saturated heterocycles. The molecule has 8 aromatic rings. The average Bonchev–Trinajstić information content (AvgIpc) is 3.36. The molecule has 0 amide bonds. The van der Waals surface area contributed by atoms with E-state index in [-0.39, 0.29) is 0 Å². The summed E-state index contributed by atoms with van der Waals surface area (Å²) in [6, 6.07) is 42.8. The number of aromatic nitrogens is 2. The number of nitrogens with zero attached hydrogens (tertiary/aromatic N) is 2. The third-order valence-electron chi connectivity index (χ3n) is 7.26. The van der Waals surface area contributed by atoms with Crippen molar-refractivity contribution in [1.82, 2.24) is 9.97 Å². The summed E-state index contributed by atoms with van der Waals surface area (Å²) in [5.41, 5.74) is 5.85. The van der Waals surface area contributed by atoms with Gasteiger partial charge in [-0.2, -0.15) is 0 Å². The molecule has 3 heteroatoms. The molecular weight excluding hydrogens is 468 g/mol. The van der Waals surface area contributed by atoms with Crippen LogP contribution in [0, 0.1) is 0 Å². The highest BCUT2D eigenvalue weighted by Crippen LogP contribution is 2.42. The molecule has 6 aromatic carbocycles. The Bertz CT molecular complexity index is 2140. The fourth-order valence-electron chi connectivity index (χ4n) is 5.52. The minimum absolute atomic E-state index is 0.910. The molecule has 0 fully saturated rings. The van der Waals surface area contributed by atoms with Gasteiger partial charge < -0.3 is 0 Å². The van der Waals surface area contributed by atoms with Gasteiger partial charge in [-0.05, 0) is 22.9 Å². The molecule has 0 aliphatic carbocycles. The molecule has 0 spiro atoms. The molecule has 0 aliphatic heterocycles. The fraction of sp³-hybridized carbons (Fsp3) is 0. The van der Waals surface area contributed by atoms with Gasteiger partial charge in [0, 0.05) is 42.1 Å².